The van der Waals surface area contributed by atoms with Crippen molar-refractivity contribution in [2.24, 2.45) is 0 Å². The second-order valence-corrected chi connectivity index (χ2v) is 1.78. The summed E-state index contributed by atoms with van der Waals surface area (Å²) >= 11 is 5.33. The van der Waals surface area contributed by atoms with Crippen molar-refractivity contribution in [1.29, 1.82) is 0 Å². The van der Waals surface area contributed by atoms with E-state index in [-0.39, 0.29) is 12.1 Å². The molecule has 0 aromatic heterocycles. The lowest BCUT2D eigenvalue weighted by Crippen LogP contribution is -1.97. The first-order valence-corrected chi connectivity index (χ1v) is 2.32. The van der Waals surface area contributed by atoms with E-state index in [9.17, 15) is 0 Å². The molecule has 2 fully saturated rings. The Morgan fingerprint density at radius 3 is 2.17 bits per heavy atom. The molecular weight excluding hydrogens is 103 g/mol. The van der Waals surface area contributed by atoms with Gasteiger partial charge in [0.1, 0.15) is 0 Å². The highest BCUT2D eigenvalue weighted by Gasteiger charge is 2.76. The van der Waals surface area contributed by atoms with Gasteiger partial charge in [-0.25, -0.2) is 0 Å². The maximum atomic E-state index is 5.33. The molecule has 2 nitrogen and oxygen atoms in total. The maximum absolute atomic E-state index is 5.33. The molecule has 2 aliphatic rings. The summed E-state index contributed by atoms with van der Waals surface area (Å²) in [4.78, 5) is 0. The highest BCUT2D eigenvalue weighted by Crippen LogP contribution is 2.56. The molecule has 0 spiro atoms. The van der Waals surface area contributed by atoms with Gasteiger partial charge in [0, 0.05) is 0 Å². The van der Waals surface area contributed by atoms with E-state index in [1.807, 2.05) is 0 Å². The first-order valence-electron chi connectivity index (χ1n) is 1.79. The fraction of sp³-hybridized carbons (Fsp3) is 1.00. The summed E-state index contributed by atoms with van der Waals surface area (Å²) in [6.07, 6.45) is 0.0787. The molecule has 2 aliphatic heterocycles. The Bertz CT molecular complexity index is 86.8. The molecule has 0 amide bonds. The van der Waals surface area contributed by atoms with E-state index in [0.29, 0.717) is 5.88 Å². The second kappa shape index (κ2) is 0.619. The van der Waals surface area contributed by atoms with Crippen molar-refractivity contribution < 1.29 is 9.47 Å². The minimum absolute atomic E-state index is 0.0787. The average molecular weight is 107 g/mol. The lowest BCUT2D eigenvalue weighted by molar-refractivity contribution is -0.0386. The SMILES string of the molecule is ClCC12OC1O2. The Labute approximate surface area is 40.0 Å². The van der Waals surface area contributed by atoms with Crippen LogP contribution in [-0.2, 0) is 9.47 Å². The lowest BCUT2D eigenvalue weighted by Gasteiger charge is -1.87. The van der Waals surface area contributed by atoms with Crippen LogP contribution in [0.3, 0.4) is 0 Å². The average Bonchev–Trinajstić information content (AvgIpc) is 2.12. The molecule has 3 heteroatoms. The third-order valence-corrected chi connectivity index (χ3v) is 1.42. The number of hydrogen-bond donors (Lipinski definition) is 0. The number of epoxide rings is 2. The maximum Gasteiger partial charge on any atom is 0.239 e. The molecule has 6 heavy (non-hydrogen) atoms. The standard InChI is InChI=1S/C3H3ClO2/c4-1-3-2(5-3)6-3/h2H,1H2. The van der Waals surface area contributed by atoms with Crippen molar-refractivity contribution in [3.63, 3.8) is 0 Å². The predicted molar refractivity (Wildman–Crippen MR) is 19.4 cm³/mol. The van der Waals surface area contributed by atoms with E-state index in [0.717, 1.165) is 0 Å². The Morgan fingerprint density at radius 1 is 1.67 bits per heavy atom. The molecule has 0 aromatic carbocycles. The molecule has 0 unspecified atom stereocenters. The van der Waals surface area contributed by atoms with Gasteiger partial charge in [-0.1, -0.05) is 0 Å². The van der Waals surface area contributed by atoms with Crippen molar-refractivity contribution in [2.75, 3.05) is 5.88 Å². The quantitative estimate of drug-likeness (QED) is 0.355. The summed E-state index contributed by atoms with van der Waals surface area (Å²) < 4.78 is 9.58. The highest BCUT2D eigenvalue weighted by atomic mass is 35.5. The number of ether oxygens (including phenoxy) is 2. The molecule has 0 N–H and O–H groups in total. The number of hydrogen-bond acceptors (Lipinski definition) is 2. The van der Waals surface area contributed by atoms with Crippen molar-refractivity contribution in [2.45, 2.75) is 12.1 Å². The van der Waals surface area contributed by atoms with E-state index >= 15 is 0 Å². The van der Waals surface area contributed by atoms with Gasteiger partial charge in [0.2, 0.25) is 12.1 Å². The fourth-order valence-electron chi connectivity index (χ4n) is 0.429. The fourth-order valence-corrected chi connectivity index (χ4v) is 0.681. The van der Waals surface area contributed by atoms with Crippen LogP contribution in [0.15, 0.2) is 0 Å². The molecule has 0 aromatic rings. The normalized spacial score (nSPS) is 60.5. The van der Waals surface area contributed by atoms with Crippen LogP contribution in [0.4, 0.5) is 0 Å². The van der Waals surface area contributed by atoms with Crippen LogP contribution in [0.2, 0.25) is 0 Å². The lowest BCUT2D eigenvalue weighted by atomic mass is 10.6. The number of fused-ring (bicyclic) bond motifs is 1. The van der Waals surface area contributed by atoms with Crippen molar-refractivity contribution in [3.05, 3.63) is 0 Å². The van der Waals surface area contributed by atoms with Crippen LogP contribution in [-0.4, -0.2) is 18.0 Å². The molecule has 0 atom stereocenters. The van der Waals surface area contributed by atoms with Crippen LogP contribution in [0.5, 0.6) is 0 Å². The Kier molecular flexibility index (Phi) is 0.335. The summed E-state index contributed by atoms with van der Waals surface area (Å²) in [5.74, 6) is 0.208. The van der Waals surface area contributed by atoms with Crippen LogP contribution < -0.4 is 0 Å². The molecule has 0 aliphatic carbocycles. The van der Waals surface area contributed by atoms with Gasteiger partial charge in [-0.15, -0.1) is 11.6 Å². The number of halogens is 1. The third-order valence-electron chi connectivity index (χ3n) is 1.04. The van der Waals surface area contributed by atoms with Crippen LogP contribution in [0, 0.1) is 0 Å². The van der Waals surface area contributed by atoms with Gasteiger partial charge in [-0.3, -0.25) is 0 Å². The molecule has 0 bridgehead atoms. The Morgan fingerprint density at radius 2 is 2.17 bits per heavy atom. The smallest absolute Gasteiger partial charge is 0.239 e. The van der Waals surface area contributed by atoms with Gasteiger partial charge in [-0.05, 0) is 0 Å². The third kappa shape index (κ3) is 0.188. The predicted octanol–water partition coefficient (Wildman–Crippen LogP) is 0.308. The number of rotatable bonds is 1. The zero-order chi connectivity index (χ0) is 4.20. The minimum Gasteiger partial charge on any atom is -0.309 e. The monoisotopic (exact) mass is 106 g/mol. The Hall–Kier alpha value is 0.210. The largest absolute Gasteiger partial charge is 0.309 e. The first-order chi connectivity index (χ1) is 2.87. The van der Waals surface area contributed by atoms with Gasteiger partial charge in [0.05, 0.1) is 5.88 Å². The van der Waals surface area contributed by atoms with Gasteiger partial charge in [0.15, 0.2) is 0 Å². The molecule has 2 rings (SSSR count). The van der Waals surface area contributed by atoms with Gasteiger partial charge >= 0.3 is 0 Å². The summed E-state index contributed by atoms with van der Waals surface area (Å²) in [6.45, 7) is 0. The molecular formula is C3H3ClO2. The van der Waals surface area contributed by atoms with Gasteiger partial charge < -0.3 is 9.47 Å². The summed E-state index contributed by atoms with van der Waals surface area (Å²) in [7, 11) is 0. The topological polar surface area (TPSA) is 25.1 Å². The van der Waals surface area contributed by atoms with Gasteiger partial charge in [-0.2, -0.15) is 0 Å². The minimum atomic E-state index is -0.276. The van der Waals surface area contributed by atoms with E-state index in [1.165, 1.54) is 0 Å². The molecule has 2 saturated heterocycles. The second-order valence-electron chi connectivity index (χ2n) is 1.51. The van der Waals surface area contributed by atoms with Crippen LogP contribution >= 0.6 is 11.6 Å². The first kappa shape index (κ1) is 3.24. The van der Waals surface area contributed by atoms with E-state index in [1.54, 1.807) is 0 Å². The van der Waals surface area contributed by atoms with Crippen LogP contribution in [0.25, 0.3) is 0 Å². The highest BCUT2D eigenvalue weighted by molar-refractivity contribution is 6.18. The zero-order valence-electron chi connectivity index (χ0n) is 2.98. The van der Waals surface area contributed by atoms with E-state index in [4.69, 9.17) is 21.1 Å². The molecule has 2 heterocycles. The van der Waals surface area contributed by atoms with Gasteiger partial charge in [0.25, 0.3) is 0 Å². The van der Waals surface area contributed by atoms with Crippen molar-refractivity contribution >= 4 is 11.6 Å². The molecule has 34 valence electrons. The summed E-state index contributed by atoms with van der Waals surface area (Å²) in [5, 5.41) is 0. The number of alkyl halides is 1. The summed E-state index contributed by atoms with van der Waals surface area (Å²) in [6, 6.07) is 0. The zero-order valence-corrected chi connectivity index (χ0v) is 3.73. The summed E-state index contributed by atoms with van der Waals surface area (Å²) in [5.41, 5.74) is 0. The Balaban J connectivity index is 2.10. The molecule has 0 radical (unpaired) electrons. The van der Waals surface area contributed by atoms with Crippen molar-refractivity contribution in [1.82, 2.24) is 0 Å². The van der Waals surface area contributed by atoms with Crippen LogP contribution in [0.1, 0.15) is 0 Å². The van der Waals surface area contributed by atoms with E-state index < -0.39 is 0 Å². The van der Waals surface area contributed by atoms with Crippen molar-refractivity contribution in [3.8, 4) is 0 Å². The van der Waals surface area contributed by atoms with E-state index in [2.05, 4.69) is 0 Å². The molecule has 0 saturated carbocycles.